The topological polar surface area (TPSA) is 116 Å². The van der Waals surface area contributed by atoms with Gasteiger partial charge in [-0.2, -0.15) is 13.2 Å². The first-order valence-electron chi connectivity index (χ1n) is 5.73. The summed E-state index contributed by atoms with van der Waals surface area (Å²) in [5, 5.41) is 21.1. The number of hydrazine groups is 1. The molecule has 1 rings (SSSR count). The molecule has 0 aromatic carbocycles. The Morgan fingerprint density at radius 2 is 1.75 bits per heavy atom. The Morgan fingerprint density at radius 3 is 2.15 bits per heavy atom. The molecule has 0 aliphatic rings. The average Bonchev–Trinajstić information content (AvgIpc) is 2.43. The molecule has 0 unspecified atom stereocenters. The van der Waals surface area contributed by atoms with E-state index in [0.29, 0.717) is 0 Å². The molecule has 0 amide bonds. The van der Waals surface area contributed by atoms with Gasteiger partial charge in [-0.15, -0.1) is 0 Å². The number of halogens is 3. The standard InChI is InChI=1S/C10H16F3N5O2/c1-2-9(4-19,5-20)17-6-3-7(18-14)16-8(15-6)10(11,12)13/h3,19-20H,2,4-5,14H2,1H3,(H2,15,16,17,18). The van der Waals surface area contributed by atoms with Crippen LogP contribution < -0.4 is 16.6 Å². The minimum atomic E-state index is -4.74. The molecule has 0 fully saturated rings. The second kappa shape index (κ2) is 6.20. The summed E-state index contributed by atoms with van der Waals surface area (Å²) in [6.45, 7) is 0.709. The van der Waals surface area contributed by atoms with Gasteiger partial charge in [-0.05, 0) is 6.42 Å². The highest BCUT2D eigenvalue weighted by molar-refractivity contribution is 5.48. The molecule has 7 nitrogen and oxygen atoms in total. The number of aliphatic hydroxyl groups is 2. The van der Waals surface area contributed by atoms with E-state index in [1.807, 2.05) is 5.43 Å². The molecule has 0 bridgehead atoms. The predicted octanol–water partition coefficient (Wildman–Crippen LogP) is 0.326. The van der Waals surface area contributed by atoms with Gasteiger partial charge in [0.2, 0.25) is 5.82 Å². The molecule has 0 aliphatic carbocycles. The lowest BCUT2D eigenvalue weighted by atomic mass is 9.98. The van der Waals surface area contributed by atoms with E-state index < -0.39 is 30.8 Å². The summed E-state index contributed by atoms with van der Waals surface area (Å²) in [6, 6.07) is 1.14. The zero-order valence-electron chi connectivity index (χ0n) is 10.7. The number of hydrogen-bond donors (Lipinski definition) is 5. The first-order chi connectivity index (χ1) is 9.30. The largest absolute Gasteiger partial charge is 0.451 e. The molecule has 0 radical (unpaired) electrons. The van der Waals surface area contributed by atoms with Crippen LogP contribution in [0.15, 0.2) is 6.07 Å². The van der Waals surface area contributed by atoms with Gasteiger partial charge in [-0.3, -0.25) is 0 Å². The van der Waals surface area contributed by atoms with Crippen molar-refractivity contribution in [3.63, 3.8) is 0 Å². The lowest BCUT2D eigenvalue weighted by Crippen LogP contribution is -2.45. The van der Waals surface area contributed by atoms with Crippen molar-refractivity contribution in [2.75, 3.05) is 24.0 Å². The van der Waals surface area contributed by atoms with E-state index in [4.69, 9.17) is 5.84 Å². The van der Waals surface area contributed by atoms with E-state index in [9.17, 15) is 23.4 Å². The molecule has 114 valence electrons. The molecule has 10 heteroatoms. The number of hydrogen-bond acceptors (Lipinski definition) is 7. The smallest absolute Gasteiger partial charge is 0.394 e. The Labute approximate surface area is 113 Å². The van der Waals surface area contributed by atoms with Crippen LogP contribution in [-0.2, 0) is 6.18 Å². The predicted molar refractivity (Wildman–Crippen MR) is 65.7 cm³/mol. The maximum absolute atomic E-state index is 12.6. The Kier molecular flexibility index (Phi) is 5.09. The SMILES string of the molecule is CCC(CO)(CO)Nc1cc(NN)nc(C(F)(F)F)n1. The highest BCUT2D eigenvalue weighted by Gasteiger charge is 2.36. The van der Waals surface area contributed by atoms with Crippen molar-refractivity contribution in [1.29, 1.82) is 0 Å². The van der Waals surface area contributed by atoms with Gasteiger partial charge in [-0.1, -0.05) is 6.92 Å². The van der Waals surface area contributed by atoms with Crippen molar-refractivity contribution in [2.24, 2.45) is 5.84 Å². The molecule has 0 saturated heterocycles. The summed E-state index contributed by atoms with van der Waals surface area (Å²) in [4.78, 5) is 6.51. The first-order valence-corrected chi connectivity index (χ1v) is 5.73. The summed E-state index contributed by atoms with van der Waals surface area (Å²) in [7, 11) is 0. The summed E-state index contributed by atoms with van der Waals surface area (Å²) in [5.74, 6) is 3.24. The Morgan fingerprint density at radius 1 is 1.20 bits per heavy atom. The van der Waals surface area contributed by atoms with Crippen LogP contribution in [0.3, 0.4) is 0 Å². The molecule has 0 saturated carbocycles. The molecule has 0 spiro atoms. The van der Waals surface area contributed by atoms with Crippen LogP contribution in [0.25, 0.3) is 0 Å². The second-order valence-electron chi connectivity index (χ2n) is 4.18. The van der Waals surface area contributed by atoms with Crippen molar-refractivity contribution in [2.45, 2.75) is 25.1 Å². The van der Waals surface area contributed by atoms with Gasteiger partial charge in [0.25, 0.3) is 0 Å². The van der Waals surface area contributed by atoms with E-state index in [0.717, 1.165) is 6.07 Å². The number of rotatable bonds is 6. The van der Waals surface area contributed by atoms with Crippen molar-refractivity contribution in [3.05, 3.63) is 11.9 Å². The van der Waals surface area contributed by atoms with E-state index in [1.54, 1.807) is 6.92 Å². The van der Waals surface area contributed by atoms with Crippen molar-refractivity contribution < 1.29 is 23.4 Å². The fourth-order valence-corrected chi connectivity index (χ4v) is 1.42. The zero-order chi connectivity index (χ0) is 15.4. The number of aromatic nitrogens is 2. The van der Waals surface area contributed by atoms with Gasteiger partial charge in [0.15, 0.2) is 0 Å². The fourth-order valence-electron chi connectivity index (χ4n) is 1.42. The van der Waals surface area contributed by atoms with Crippen LogP contribution in [0.1, 0.15) is 19.2 Å². The molecule has 0 aliphatic heterocycles. The number of nitrogens with one attached hydrogen (secondary N) is 2. The molecule has 20 heavy (non-hydrogen) atoms. The minimum Gasteiger partial charge on any atom is -0.394 e. The molecule has 6 N–H and O–H groups in total. The Bertz CT molecular complexity index is 443. The Hall–Kier alpha value is -1.65. The lowest BCUT2D eigenvalue weighted by molar-refractivity contribution is -0.144. The molecule has 1 aromatic heterocycles. The van der Waals surface area contributed by atoms with Gasteiger partial charge < -0.3 is 21.0 Å². The van der Waals surface area contributed by atoms with Crippen LogP contribution in [0.5, 0.6) is 0 Å². The number of alkyl halides is 3. The summed E-state index contributed by atoms with van der Waals surface area (Å²) >= 11 is 0. The van der Waals surface area contributed by atoms with Crippen LogP contribution in [0.2, 0.25) is 0 Å². The molecular formula is C10H16F3N5O2. The monoisotopic (exact) mass is 295 g/mol. The lowest BCUT2D eigenvalue weighted by Gasteiger charge is -2.30. The number of nitrogens with zero attached hydrogens (tertiary/aromatic N) is 2. The first kappa shape index (κ1) is 16.4. The normalized spacial score (nSPS) is 12.3. The Balaban J connectivity index is 3.18. The zero-order valence-corrected chi connectivity index (χ0v) is 10.7. The molecular weight excluding hydrogens is 279 g/mol. The van der Waals surface area contributed by atoms with Crippen LogP contribution in [-0.4, -0.2) is 38.9 Å². The summed E-state index contributed by atoms with van der Waals surface area (Å²) in [5.41, 5.74) is 0.826. The quantitative estimate of drug-likeness (QED) is 0.379. The highest BCUT2D eigenvalue weighted by atomic mass is 19.4. The molecule has 1 heterocycles. The van der Waals surface area contributed by atoms with Crippen molar-refractivity contribution in [3.8, 4) is 0 Å². The van der Waals surface area contributed by atoms with E-state index >= 15 is 0 Å². The van der Waals surface area contributed by atoms with Crippen molar-refractivity contribution in [1.82, 2.24) is 9.97 Å². The number of nitrogens with two attached hydrogens (primary N) is 1. The maximum atomic E-state index is 12.6. The minimum absolute atomic E-state index is 0.203. The molecule has 0 atom stereocenters. The van der Waals surface area contributed by atoms with Crippen LogP contribution in [0, 0.1) is 0 Å². The van der Waals surface area contributed by atoms with E-state index in [2.05, 4.69) is 15.3 Å². The fraction of sp³-hybridized carbons (Fsp3) is 0.600. The summed E-state index contributed by atoms with van der Waals surface area (Å²) in [6.07, 6.45) is -4.46. The number of anilines is 2. The van der Waals surface area contributed by atoms with Gasteiger partial charge in [0.05, 0.1) is 18.8 Å². The third kappa shape index (κ3) is 3.68. The number of aliphatic hydroxyl groups excluding tert-OH is 2. The third-order valence-electron chi connectivity index (χ3n) is 2.80. The highest BCUT2D eigenvalue weighted by Crippen LogP contribution is 2.29. The van der Waals surface area contributed by atoms with Crippen LogP contribution >= 0.6 is 0 Å². The van der Waals surface area contributed by atoms with Crippen molar-refractivity contribution >= 4 is 11.6 Å². The van der Waals surface area contributed by atoms with Gasteiger partial charge in [0.1, 0.15) is 11.6 Å². The average molecular weight is 295 g/mol. The number of nitrogen functional groups attached to an aromatic ring is 1. The third-order valence-corrected chi connectivity index (χ3v) is 2.80. The van der Waals surface area contributed by atoms with Gasteiger partial charge in [0, 0.05) is 6.07 Å². The second-order valence-corrected chi connectivity index (χ2v) is 4.18. The summed E-state index contributed by atoms with van der Waals surface area (Å²) < 4.78 is 37.9. The van der Waals surface area contributed by atoms with E-state index in [-0.39, 0.29) is 18.1 Å². The molecule has 1 aromatic rings. The maximum Gasteiger partial charge on any atom is 0.451 e. The van der Waals surface area contributed by atoms with Gasteiger partial charge in [-0.25, -0.2) is 15.8 Å². The van der Waals surface area contributed by atoms with E-state index in [1.165, 1.54) is 0 Å². The van der Waals surface area contributed by atoms with Crippen LogP contribution in [0.4, 0.5) is 24.8 Å². The van der Waals surface area contributed by atoms with Gasteiger partial charge >= 0.3 is 6.18 Å².